The third-order valence-corrected chi connectivity index (χ3v) is 2.10. The molecule has 0 aromatic heterocycles. The van der Waals surface area contributed by atoms with Crippen molar-refractivity contribution in [2.24, 2.45) is 0 Å². The Morgan fingerprint density at radius 3 is 1.88 bits per heavy atom. The summed E-state index contributed by atoms with van der Waals surface area (Å²) in [5.74, 6) is 0. The maximum Gasteiger partial charge on any atom is 0.511 e. The van der Waals surface area contributed by atoms with Gasteiger partial charge in [-0.2, -0.15) is 17.6 Å². The molecular weight excluding hydrogens is 256 g/mol. The molecule has 4 unspecified atom stereocenters. The van der Waals surface area contributed by atoms with Gasteiger partial charge in [0.15, 0.2) is 6.10 Å². The summed E-state index contributed by atoms with van der Waals surface area (Å²) >= 11 is 0. The summed E-state index contributed by atoms with van der Waals surface area (Å²) in [6.45, 7) is 0. The van der Waals surface area contributed by atoms with Crippen molar-refractivity contribution in [3.05, 3.63) is 0 Å². The van der Waals surface area contributed by atoms with E-state index in [1.54, 1.807) is 0 Å². The maximum absolute atomic E-state index is 13.0. The largest absolute Gasteiger partial charge is 0.511 e. The third kappa shape index (κ3) is 2.06. The van der Waals surface area contributed by atoms with E-state index in [-0.39, 0.29) is 0 Å². The molecule has 0 bridgehead atoms. The van der Waals surface area contributed by atoms with E-state index in [9.17, 15) is 27.2 Å². The van der Waals surface area contributed by atoms with Crippen molar-refractivity contribution in [2.75, 3.05) is 0 Å². The van der Waals surface area contributed by atoms with Crippen LogP contribution in [0.5, 0.6) is 0 Å². The van der Waals surface area contributed by atoms with Crippen molar-refractivity contribution in [1.29, 1.82) is 0 Å². The van der Waals surface area contributed by atoms with Crippen LogP contribution >= 0.6 is 0 Å². The van der Waals surface area contributed by atoms with Crippen LogP contribution in [0.15, 0.2) is 0 Å². The number of alkyl halides is 4. The molecule has 2 rings (SSSR count). The number of cyclic esters (lactones) is 4. The van der Waals surface area contributed by atoms with Crippen LogP contribution in [-0.2, 0) is 18.9 Å². The highest BCUT2D eigenvalue weighted by molar-refractivity contribution is 5.64. The fourth-order valence-electron chi connectivity index (χ4n) is 1.43. The predicted molar refractivity (Wildman–Crippen MR) is 37.4 cm³/mol. The van der Waals surface area contributed by atoms with Crippen molar-refractivity contribution < 1.29 is 46.1 Å². The number of halogens is 4. The molecule has 10 heteroatoms. The van der Waals surface area contributed by atoms with Crippen molar-refractivity contribution >= 4 is 12.3 Å². The zero-order valence-corrected chi connectivity index (χ0v) is 7.77. The zero-order chi connectivity index (χ0) is 12.8. The topological polar surface area (TPSA) is 71.1 Å². The van der Waals surface area contributed by atoms with E-state index in [0.29, 0.717) is 0 Å². The molecule has 0 saturated carbocycles. The first kappa shape index (κ1) is 11.7. The molecule has 2 fully saturated rings. The summed E-state index contributed by atoms with van der Waals surface area (Å²) in [4.78, 5) is 21.1. The molecule has 0 amide bonds. The lowest BCUT2D eigenvalue weighted by Crippen LogP contribution is -2.46. The highest BCUT2D eigenvalue weighted by atomic mass is 19.4. The second-order valence-electron chi connectivity index (χ2n) is 3.21. The third-order valence-electron chi connectivity index (χ3n) is 2.10. The summed E-state index contributed by atoms with van der Waals surface area (Å²) < 4.78 is 66.1. The van der Waals surface area contributed by atoms with Gasteiger partial charge < -0.3 is 18.9 Å². The first-order valence-corrected chi connectivity index (χ1v) is 4.24. The second-order valence-corrected chi connectivity index (χ2v) is 3.21. The molecule has 2 aliphatic heterocycles. The minimum atomic E-state index is -4.97. The smallest absolute Gasteiger partial charge is 0.422 e. The van der Waals surface area contributed by atoms with E-state index in [1.807, 2.05) is 0 Å². The number of hydrogen-bond acceptors (Lipinski definition) is 6. The van der Waals surface area contributed by atoms with Gasteiger partial charge in [-0.25, -0.2) is 9.59 Å². The van der Waals surface area contributed by atoms with Gasteiger partial charge in [-0.1, -0.05) is 0 Å². The highest BCUT2D eigenvalue weighted by Gasteiger charge is 2.61. The van der Waals surface area contributed by atoms with Gasteiger partial charge >= 0.3 is 18.5 Å². The molecule has 4 atom stereocenters. The summed E-state index contributed by atoms with van der Waals surface area (Å²) in [5, 5.41) is 0. The van der Waals surface area contributed by atoms with Crippen LogP contribution in [0.4, 0.5) is 27.2 Å². The molecule has 0 N–H and O–H groups in total. The van der Waals surface area contributed by atoms with Gasteiger partial charge in [0.25, 0.3) is 6.36 Å². The maximum atomic E-state index is 13.0. The summed E-state index contributed by atoms with van der Waals surface area (Å²) in [6, 6.07) is 0. The molecule has 2 heterocycles. The minimum Gasteiger partial charge on any atom is -0.422 e. The van der Waals surface area contributed by atoms with Crippen molar-refractivity contribution in [3.8, 4) is 0 Å². The molecular formula is C7H4F4O6. The van der Waals surface area contributed by atoms with E-state index in [0.717, 1.165) is 0 Å². The lowest BCUT2D eigenvalue weighted by atomic mass is 10.1. The fraction of sp³-hybridized carbons (Fsp3) is 0.714. The Kier molecular flexibility index (Phi) is 2.51. The standard InChI is InChI=1S/C7H4F4O6/c8-4-2(15-6(13)17-4)1-3(7(9,10)11)16-5(12)14-1/h1-4H. The molecule has 6 nitrogen and oxygen atoms in total. The Hall–Kier alpha value is -1.74. The average Bonchev–Trinajstić information content (AvgIpc) is 2.68. The molecule has 0 aromatic rings. The number of carbonyl (C=O) groups is 2. The molecule has 0 spiro atoms. The molecule has 17 heavy (non-hydrogen) atoms. The lowest BCUT2D eigenvalue weighted by Gasteiger charge is -2.21. The highest BCUT2D eigenvalue weighted by Crippen LogP contribution is 2.36. The van der Waals surface area contributed by atoms with Gasteiger partial charge in [0.1, 0.15) is 0 Å². The van der Waals surface area contributed by atoms with Crippen LogP contribution in [0.25, 0.3) is 0 Å². The monoisotopic (exact) mass is 260 g/mol. The Morgan fingerprint density at radius 2 is 1.41 bits per heavy atom. The molecule has 2 saturated heterocycles. The van der Waals surface area contributed by atoms with Gasteiger partial charge in [0, 0.05) is 0 Å². The molecule has 0 aliphatic carbocycles. The van der Waals surface area contributed by atoms with E-state index in [2.05, 4.69) is 18.9 Å². The van der Waals surface area contributed by atoms with E-state index >= 15 is 0 Å². The molecule has 0 aromatic carbocycles. The van der Waals surface area contributed by atoms with Crippen molar-refractivity contribution in [1.82, 2.24) is 0 Å². The van der Waals surface area contributed by atoms with Gasteiger partial charge in [0.2, 0.25) is 12.2 Å². The summed E-state index contributed by atoms with van der Waals surface area (Å²) in [7, 11) is 0. The predicted octanol–water partition coefficient (Wildman–Crippen LogP) is 1.28. The van der Waals surface area contributed by atoms with Gasteiger partial charge in [-0.05, 0) is 0 Å². The molecule has 0 radical (unpaired) electrons. The lowest BCUT2D eigenvalue weighted by molar-refractivity contribution is -0.213. The van der Waals surface area contributed by atoms with Gasteiger partial charge in [0.05, 0.1) is 0 Å². The van der Waals surface area contributed by atoms with Crippen LogP contribution in [0.1, 0.15) is 0 Å². The van der Waals surface area contributed by atoms with Crippen molar-refractivity contribution in [2.45, 2.75) is 30.8 Å². The van der Waals surface area contributed by atoms with Crippen LogP contribution in [-0.4, -0.2) is 43.2 Å². The quantitative estimate of drug-likeness (QED) is 0.522. The Labute approximate surface area is 90.4 Å². The zero-order valence-electron chi connectivity index (χ0n) is 7.77. The number of ether oxygens (including phenoxy) is 4. The first-order chi connectivity index (χ1) is 7.79. The van der Waals surface area contributed by atoms with Crippen LogP contribution in [0.2, 0.25) is 0 Å². The number of rotatable bonds is 1. The van der Waals surface area contributed by atoms with Crippen LogP contribution in [0.3, 0.4) is 0 Å². The van der Waals surface area contributed by atoms with Crippen LogP contribution < -0.4 is 0 Å². The first-order valence-electron chi connectivity index (χ1n) is 4.24. The van der Waals surface area contributed by atoms with E-state index in [1.165, 1.54) is 0 Å². The van der Waals surface area contributed by atoms with Crippen LogP contribution in [0, 0.1) is 0 Å². The SMILES string of the molecule is O=C1OC(F)C(C2OC(=O)OC2C(F)(F)F)O1. The molecule has 96 valence electrons. The van der Waals surface area contributed by atoms with Crippen molar-refractivity contribution in [3.63, 3.8) is 0 Å². The Bertz CT molecular complexity index is 355. The van der Waals surface area contributed by atoms with Gasteiger partial charge in [-0.15, -0.1) is 0 Å². The summed E-state index contributed by atoms with van der Waals surface area (Å²) in [5.41, 5.74) is 0. The summed E-state index contributed by atoms with van der Waals surface area (Å²) in [6.07, 6.45) is -17.3. The van der Waals surface area contributed by atoms with E-state index < -0.39 is 43.2 Å². The Balaban J connectivity index is 2.19. The molecule has 2 aliphatic rings. The number of carbonyl (C=O) groups excluding carboxylic acids is 2. The second kappa shape index (κ2) is 3.64. The fourth-order valence-corrected chi connectivity index (χ4v) is 1.43. The van der Waals surface area contributed by atoms with E-state index in [4.69, 9.17) is 0 Å². The Morgan fingerprint density at radius 1 is 0.882 bits per heavy atom. The normalized spacial score (nSPS) is 37.2. The number of hydrogen-bond donors (Lipinski definition) is 0. The minimum absolute atomic E-state index is 1.48. The average molecular weight is 260 g/mol. The van der Waals surface area contributed by atoms with Gasteiger partial charge in [-0.3, -0.25) is 0 Å².